The topological polar surface area (TPSA) is 33.0 Å². The first-order valence-electron chi connectivity index (χ1n) is 5.51. The molecule has 0 saturated heterocycles. The maximum atomic E-state index is 13.3. The van der Waals surface area contributed by atoms with Gasteiger partial charge in [-0.05, 0) is 23.8 Å². The van der Waals surface area contributed by atoms with Crippen molar-refractivity contribution in [2.24, 2.45) is 11.8 Å². The fourth-order valence-electron chi connectivity index (χ4n) is 1.34. The molecule has 0 amide bonds. The molecule has 0 bridgehead atoms. The molecule has 0 aliphatic carbocycles. The molecule has 1 unspecified atom stereocenters. The fourth-order valence-corrected chi connectivity index (χ4v) is 1.86. The van der Waals surface area contributed by atoms with Crippen molar-refractivity contribution in [2.75, 3.05) is 12.4 Å². The molecule has 1 atom stereocenters. The summed E-state index contributed by atoms with van der Waals surface area (Å²) in [4.78, 5) is 0. The molecule has 0 radical (unpaired) electrons. The number of rotatable bonds is 5. The number of ether oxygens (including phenoxy) is 1. The summed E-state index contributed by atoms with van der Waals surface area (Å²) >= 11 is 4.26. The van der Waals surface area contributed by atoms with E-state index in [-0.39, 0.29) is 5.56 Å². The Balaban J connectivity index is 2.64. The monoisotopic (exact) mass is 253 g/mol. The minimum Gasteiger partial charge on any atom is -0.493 e. The van der Waals surface area contributed by atoms with Crippen LogP contribution in [0.15, 0.2) is 18.2 Å². The van der Waals surface area contributed by atoms with Gasteiger partial charge in [0.15, 0.2) is 0 Å². The van der Waals surface area contributed by atoms with E-state index in [4.69, 9.17) is 10.00 Å². The fraction of sp³-hybridized carbons (Fsp3) is 0.462. The number of nitriles is 1. The summed E-state index contributed by atoms with van der Waals surface area (Å²) in [5, 5.41) is 8.60. The maximum absolute atomic E-state index is 13.3. The Morgan fingerprint density at radius 1 is 1.47 bits per heavy atom. The van der Waals surface area contributed by atoms with Gasteiger partial charge in [-0.2, -0.15) is 17.9 Å². The van der Waals surface area contributed by atoms with Crippen LogP contribution in [0.3, 0.4) is 0 Å². The molecule has 17 heavy (non-hydrogen) atoms. The molecule has 0 aliphatic rings. The van der Waals surface area contributed by atoms with Crippen molar-refractivity contribution in [1.29, 1.82) is 5.26 Å². The SMILES string of the molecule is CC(C)C(CS)COc1ccc(C#N)c(F)c1. The zero-order valence-electron chi connectivity index (χ0n) is 9.98. The van der Waals surface area contributed by atoms with Crippen molar-refractivity contribution in [2.45, 2.75) is 13.8 Å². The highest BCUT2D eigenvalue weighted by molar-refractivity contribution is 7.80. The van der Waals surface area contributed by atoms with Crippen LogP contribution in [0.4, 0.5) is 4.39 Å². The largest absolute Gasteiger partial charge is 0.493 e. The second kappa shape index (κ2) is 6.51. The van der Waals surface area contributed by atoms with Gasteiger partial charge in [0, 0.05) is 12.0 Å². The zero-order valence-corrected chi connectivity index (χ0v) is 10.9. The molecule has 92 valence electrons. The van der Waals surface area contributed by atoms with E-state index in [1.54, 1.807) is 12.1 Å². The number of benzene rings is 1. The summed E-state index contributed by atoms with van der Waals surface area (Å²) < 4.78 is 18.8. The summed E-state index contributed by atoms with van der Waals surface area (Å²) in [6.07, 6.45) is 0. The van der Waals surface area contributed by atoms with Crippen molar-refractivity contribution < 1.29 is 9.13 Å². The van der Waals surface area contributed by atoms with Gasteiger partial charge >= 0.3 is 0 Å². The van der Waals surface area contributed by atoms with Crippen LogP contribution in [0.25, 0.3) is 0 Å². The lowest BCUT2D eigenvalue weighted by Gasteiger charge is -2.19. The standard InChI is InChI=1S/C13H16FNOS/c1-9(2)11(8-17)7-16-12-4-3-10(6-15)13(14)5-12/h3-5,9,11,17H,7-8H2,1-2H3. The molecule has 1 aromatic carbocycles. The first-order chi connectivity index (χ1) is 8.08. The Bertz CT molecular complexity index is 414. The Labute approximate surface area is 107 Å². The summed E-state index contributed by atoms with van der Waals surface area (Å²) in [5.74, 6) is 1.44. The van der Waals surface area contributed by atoms with E-state index in [9.17, 15) is 4.39 Å². The Hall–Kier alpha value is -1.21. The van der Waals surface area contributed by atoms with E-state index in [1.807, 2.05) is 0 Å². The minimum atomic E-state index is -0.544. The Kier molecular flexibility index (Phi) is 5.30. The molecule has 0 aliphatic heterocycles. The first-order valence-corrected chi connectivity index (χ1v) is 6.15. The third-order valence-corrected chi connectivity index (χ3v) is 3.17. The predicted octanol–water partition coefficient (Wildman–Crippen LogP) is 3.28. The van der Waals surface area contributed by atoms with Gasteiger partial charge in [-0.1, -0.05) is 13.8 Å². The second-order valence-corrected chi connectivity index (χ2v) is 4.62. The minimum absolute atomic E-state index is 0.0342. The van der Waals surface area contributed by atoms with Crippen LogP contribution in [0.2, 0.25) is 0 Å². The summed E-state index contributed by atoms with van der Waals surface area (Å²) in [6, 6.07) is 6.05. The van der Waals surface area contributed by atoms with Gasteiger partial charge in [-0.15, -0.1) is 0 Å². The van der Waals surface area contributed by atoms with Crippen molar-refractivity contribution >= 4 is 12.6 Å². The van der Waals surface area contributed by atoms with Crippen LogP contribution >= 0.6 is 12.6 Å². The number of nitrogens with zero attached hydrogens (tertiary/aromatic N) is 1. The molecule has 1 rings (SSSR count). The van der Waals surface area contributed by atoms with E-state index in [1.165, 1.54) is 12.1 Å². The van der Waals surface area contributed by atoms with Crippen LogP contribution in [-0.4, -0.2) is 12.4 Å². The second-order valence-electron chi connectivity index (χ2n) is 4.25. The van der Waals surface area contributed by atoms with Gasteiger partial charge in [-0.25, -0.2) is 4.39 Å². The normalized spacial score (nSPS) is 12.2. The molecule has 0 fully saturated rings. The highest BCUT2D eigenvalue weighted by Gasteiger charge is 2.12. The van der Waals surface area contributed by atoms with E-state index in [2.05, 4.69) is 26.5 Å². The van der Waals surface area contributed by atoms with Crippen LogP contribution < -0.4 is 4.74 Å². The van der Waals surface area contributed by atoms with Crippen LogP contribution in [0, 0.1) is 29.0 Å². The van der Waals surface area contributed by atoms with Crippen LogP contribution in [0.5, 0.6) is 5.75 Å². The van der Waals surface area contributed by atoms with E-state index in [0.717, 1.165) is 5.75 Å². The predicted molar refractivity (Wildman–Crippen MR) is 68.8 cm³/mol. The van der Waals surface area contributed by atoms with Gasteiger partial charge in [0.1, 0.15) is 17.6 Å². The van der Waals surface area contributed by atoms with E-state index >= 15 is 0 Å². The highest BCUT2D eigenvalue weighted by atomic mass is 32.1. The van der Waals surface area contributed by atoms with Gasteiger partial charge in [0.25, 0.3) is 0 Å². The van der Waals surface area contributed by atoms with Gasteiger partial charge < -0.3 is 4.74 Å². The summed E-state index contributed by atoms with van der Waals surface area (Å²) in [6.45, 7) is 4.71. The number of hydrogen-bond acceptors (Lipinski definition) is 3. The van der Waals surface area contributed by atoms with Crippen LogP contribution in [-0.2, 0) is 0 Å². The smallest absolute Gasteiger partial charge is 0.144 e. The van der Waals surface area contributed by atoms with Gasteiger partial charge in [0.2, 0.25) is 0 Å². The van der Waals surface area contributed by atoms with Crippen molar-refractivity contribution in [3.63, 3.8) is 0 Å². The third-order valence-electron chi connectivity index (χ3n) is 2.70. The van der Waals surface area contributed by atoms with E-state index < -0.39 is 5.82 Å². The molecule has 0 saturated carbocycles. The summed E-state index contributed by atoms with van der Waals surface area (Å²) in [5.41, 5.74) is 0.0342. The van der Waals surface area contributed by atoms with Crippen molar-refractivity contribution in [3.05, 3.63) is 29.6 Å². The molecule has 0 aromatic heterocycles. The number of thiol groups is 1. The van der Waals surface area contributed by atoms with Crippen LogP contribution in [0.1, 0.15) is 19.4 Å². The first kappa shape index (κ1) is 13.9. The zero-order chi connectivity index (χ0) is 12.8. The average Bonchev–Trinajstić information content (AvgIpc) is 2.29. The molecule has 2 nitrogen and oxygen atoms in total. The molecule has 0 N–H and O–H groups in total. The molecular formula is C13H16FNOS. The molecule has 1 aromatic rings. The molecule has 4 heteroatoms. The van der Waals surface area contributed by atoms with Crippen molar-refractivity contribution in [1.82, 2.24) is 0 Å². The molecule has 0 spiro atoms. The lowest BCUT2D eigenvalue weighted by Crippen LogP contribution is -2.19. The van der Waals surface area contributed by atoms with E-state index in [0.29, 0.717) is 24.2 Å². The Morgan fingerprint density at radius 3 is 2.65 bits per heavy atom. The third kappa shape index (κ3) is 3.94. The Morgan fingerprint density at radius 2 is 2.18 bits per heavy atom. The summed E-state index contributed by atoms with van der Waals surface area (Å²) in [7, 11) is 0. The number of halogens is 1. The van der Waals surface area contributed by atoms with Gasteiger partial charge in [0.05, 0.1) is 12.2 Å². The lowest BCUT2D eigenvalue weighted by atomic mass is 9.99. The van der Waals surface area contributed by atoms with Gasteiger partial charge in [-0.3, -0.25) is 0 Å². The average molecular weight is 253 g/mol. The number of hydrogen-bond donors (Lipinski definition) is 1. The van der Waals surface area contributed by atoms with Crippen molar-refractivity contribution in [3.8, 4) is 11.8 Å². The molecular weight excluding hydrogens is 237 g/mol. The highest BCUT2D eigenvalue weighted by Crippen LogP contribution is 2.19. The maximum Gasteiger partial charge on any atom is 0.144 e. The molecule has 0 heterocycles. The lowest BCUT2D eigenvalue weighted by molar-refractivity contribution is 0.226. The quantitative estimate of drug-likeness (QED) is 0.817.